The van der Waals surface area contributed by atoms with Crippen molar-refractivity contribution in [2.24, 2.45) is 11.5 Å². The van der Waals surface area contributed by atoms with Crippen LogP contribution in [0.4, 0.5) is 0 Å². The number of β-amino-alcohol motifs (C(OH)–C–C–N with tert-alkyl or cyclic N) is 1. The Hall–Kier alpha value is -0.200. The number of hydrogen-bond acceptors (Lipinski definition) is 5. The van der Waals surface area contributed by atoms with E-state index >= 15 is 0 Å². The third-order valence-electron chi connectivity index (χ3n) is 2.42. The summed E-state index contributed by atoms with van der Waals surface area (Å²) in [7, 11) is 0. The molecule has 0 aliphatic carbocycles. The standard InChI is InChI=1S/C9H21N3O2/c10-5-8(11)7-14-9(13)6-12-3-1-2-4-12/h8-9,13H,1-7,10-11H2. The van der Waals surface area contributed by atoms with E-state index in [1.807, 2.05) is 0 Å². The molecule has 0 amide bonds. The van der Waals surface area contributed by atoms with Gasteiger partial charge in [0, 0.05) is 19.1 Å². The highest BCUT2D eigenvalue weighted by molar-refractivity contribution is 4.67. The van der Waals surface area contributed by atoms with Crippen molar-refractivity contribution >= 4 is 0 Å². The number of hydrogen-bond donors (Lipinski definition) is 3. The van der Waals surface area contributed by atoms with Crippen molar-refractivity contribution in [1.29, 1.82) is 0 Å². The summed E-state index contributed by atoms with van der Waals surface area (Å²) in [6, 6.07) is -0.178. The first-order valence-electron chi connectivity index (χ1n) is 5.20. The molecule has 0 saturated carbocycles. The van der Waals surface area contributed by atoms with E-state index in [0.717, 1.165) is 13.1 Å². The van der Waals surface area contributed by atoms with Crippen LogP contribution in [0.3, 0.4) is 0 Å². The van der Waals surface area contributed by atoms with Crippen LogP contribution in [0.2, 0.25) is 0 Å². The minimum atomic E-state index is -0.731. The summed E-state index contributed by atoms with van der Waals surface area (Å²) in [5.74, 6) is 0. The van der Waals surface area contributed by atoms with E-state index in [9.17, 15) is 5.11 Å². The maximum atomic E-state index is 9.49. The average Bonchev–Trinajstić information content (AvgIpc) is 2.66. The van der Waals surface area contributed by atoms with E-state index in [4.69, 9.17) is 16.2 Å². The largest absolute Gasteiger partial charge is 0.367 e. The Balaban J connectivity index is 2.05. The highest BCUT2D eigenvalue weighted by atomic mass is 16.6. The van der Waals surface area contributed by atoms with E-state index in [1.54, 1.807) is 0 Å². The second-order valence-electron chi connectivity index (χ2n) is 3.79. The minimum Gasteiger partial charge on any atom is -0.367 e. The fourth-order valence-corrected chi connectivity index (χ4v) is 1.54. The van der Waals surface area contributed by atoms with Crippen molar-refractivity contribution in [3.8, 4) is 0 Å². The molecule has 0 aromatic heterocycles. The molecule has 84 valence electrons. The fourth-order valence-electron chi connectivity index (χ4n) is 1.54. The molecule has 1 rings (SSSR count). The molecule has 5 nitrogen and oxygen atoms in total. The van der Waals surface area contributed by atoms with Crippen LogP contribution < -0.4 is 11.5 Å². The molecule has 14 heavy (non-hydrogen) atoms. The Labute approximate surface area is 85.0 Å². The molecule has 1 aliphatic heterocycles. The predicted molar refractivity (Wildman–Crippen MR) is 54.7 cm³/mol. The third-order valence-corrected chi connectivity index (χ3v) is 2.42. The van der Waals surface area contributed by atoms with Crippen molar-refractivity contribution in [1.82, 2.24) is 4.90 Å². The van der Waals surface area contributed by atoms with Crippen molar-refractivity contribution in [2.75, 3.05) is 32.8 Å². The van der Waals surface area contributed by atoms with Gasteiger partial charge in [-0.05, 0) is 25.9 Å². The number of nitrogens with zero attached hydrogens (tertiary/aromatic N) is 1. The van der Waals surface area contributed by atoms with E-state index in [0.29, 0.717) is 19.7 Å². The third kappa shape index (κ3) is 4.34. The van der Waals surface area contributed by atoms with Crippen molar-refractivity contribution in [2.45, 2.75) is 25.2 Å². The molecule has 0 spiro atoms. The Morgan fingerprint density at radius 3 is 2.57 bits per heavy atom. The van der Waals surface area contributed by atoms with Crippen molar-refractivity contribution < 1.29 is 9.84 Å². The monoisotopic (exact) mass is 203 g/mol. The van der Waals surface area contributed by atoms with E-state index in [2.05, 4.69) is 4.90 Å². The van der Waals surface area contributed by atoms with E-state index in [-0.39, 0.29) is 6.04 Å². The van der Waals surface area contributed by atoms with Gasteiger partial charge in [-0.1, -0.05) is 0 Å². The maximum absolute atomic E-state index is 9.49. The SMILES string of the molecule is NCC(N)COC(O)CN1CCCC1. The average molecular weight is 203 g/mol. The summed E-state index contributed by atoms with van der Waals surface area (Å²) in [4.78, 5) is 2.19. The molecule has 5 heteroatoms. The van der Waals surface area contributed by atoms with Crippen LogP contribution in [0, 0.1) is 0 Å². The molecule has 0 aromatic rings. The number of aliphatic hydroxyl groups is 1. The summed E-state index contributed by atoms with van der Waals surface area (Å²) >= 11 is 0. The molecule has 1 aliphatic rings. The molecular formula is C9H21N3O2. The molecule has 1 heterocycles. The van der Waals surface area contributed by atoms with Crippen molar-refractivity contribution in [3.05, 3.63) is 0 Å². The Morgan fingerprint density at radius 1 is 1.36 bits per heavy atom. The lowest BCUT2D eigenvalue weighted by Crippen LogP contribution is -2.38. The normalized spacial score (nSPS) is 22.5. The first-order chi connectivity index (χ1) is 6.72. The van der Waals surface area contributed by atoms with Gasteiger partial charge >= 0.3 is 0 Å². The lowest BCUT2D eigenvalue weighted by atomic mass is 10.3. The number of aliphatic hydroxyl groups excluding tert-OH is 1. The number of nitrogens with two attached hydrogens (primary N) is 2. The van der Waals surface area contributed by atoms with Gasteiger partial charge in [-0.2, -0.15) is 0 Å². The zero-order valence-electron chi connectivity index (χ0n) is 8.56. The van der Waals surface area contributed by atoms with Gasteiger partial charge in [0.25, 0.3) is 0 Å². The van der Waals surface area contributed by atoms with Crippen molar-refractivity contribution in [3.63, 3.8) is 0 Å². The summed E-state index contributed by atoms with van der Waals surface area (Å²) in [6.07, 6.45) is 1.70. The maximum Gasteiger partial charge on any atom is 0.167 e. The zero-order valence-corrected chi connectivity index (χ0v) is 8.56. The van der Waals surface area contributed by atoms with E-state index in [1.165, 1.54) is 12.8 Å². The highest BCUT2D eigenvalue weighted by Gasteiger charge is 2.16. The number of ether oxygens (including phenoxy) is 1. The smallest absolute Gasteiger partial charge is 0.167 e. The lowest BCUT2D eigenvalue weighted by Gasteiger charge is -2.20. The van der Waals surface area contributed by atoms with Gasteiger partial charge in [-0.3, -0.25) is 4.90 Å². The van der Waals surface area contributed by atoms with Gasteiger partial charge in [0.15, 0.2) is 6.29 Å². The second kappa shape index (κ2) is 6.31. The summed E-state index contributed by atoms with van der Waals surface area (Å²) < 4.78 is 5.17. The minimum absolute atomic E-state index is 0.178. The summed E-state index contributed by atoms with van der Waals surface area (Å²) in [6.45, 7) is 3.41. The Morgan fingerprint density at radius 2 is 2.00 bits per heavy atom. The Kier molecular flexibility index (Phi) is 5.36. The summed E-state index contributed by atoms with van der Waals surface area (Å²) in [5, 5.41) is 9.49. The topological polar surface area (TPSA) is 84.7 Å². The lowest BCUT2D eigenvalue weighted by molar-refractivity contribution is -0.114. The molecule has 2 atom stereocenters. The van der Waals surface area contributed by atoms with Gasteiger partial charge in [-0.25, -0.2) is 0 Å². The second-order valence-corrected chi connectivity index (χ2v) is 3.79. The van der Waals surface area contributed by atoms with Gasteiger partial charge in [-0.15, -0.1) is 0 Å². The van der Waals surface area contributed by atoms with Crippen LogP contribution in [0.25, 0.3) is 0 Å². The van der Waals surface area contributed by atoms with Crippen LogP contribution in [0.5, 0.6) is 0 Å². The van der Waals surface area contributed by atoms with Crippen LogP contribution in [-0.2, 0) is 4.74 Å². The summed E-state index contributed by atoms with van der Waals surface area (Å²) in [5.41, 5.74) is 10.9. The molecule has 2 unspecified atom stereocenters. The van der Waals surface area contributed by atoms with Crippen LogP contribution >= 0.6 is 0 Å². The van der Waals surface area contributed by atoms with Gasteiger partial charge in [0.1, 0.15) is 0 Å². The molecule has 0 bridgehead atoms. The van der Waals surface area contributed by atoms with Crippen LogP contribution in [-0.4, -0.2) is 55.1 Å². The van der Waals surface area contributed by atoms with Crippen LogP contribution in [0.1, 0.15) is 12.8 Å². The van der Waals surface area contributed by atoms with Gasteiger partial charge < -0.3 is 21.3 Å². The fraction of sp³-hybridized carbons (Fsp3) is 1.00. The molecular weight excluding hydrogens is 182 g/mol. The Bertz CT molecular complexity index is 151. The molecule has 0 aromatic carbocycles. The molecule has 1 saturated heterocycles. The zero-order chi connectivity index (χ0) is 10.4. The number of likely N-dealkylation sites (tertiary alicyclic amines) is 1. The molecule has 0 radical (unpaired) electrons. The quantitative estimate of drug-likeness (QED) is 0.467. The molecule has 1 fully saturated rings. The first kappa shape index (κ1) is 11.9. The first-order valence-corrected chi connectivity index (χ1v) is 5.20. The van der Waals surface area contributed by atoms with Crippen LogP contribution in [0.15, 0.2) is 0 Å². The molecule has 5 N–H and O–H groups in total. The van der Waals surface area contributed by atoms with Gasteiger partial charge in [0.05, 0.1) is 6.61 Å². The highest BCUT2D eigenvalue weighted by Crippen LogP contribution is 2.07. The van der Waals surface area contributed by atoms with E-state index < -0.39 is 6.29 Å². The predicted octanol–water partition coefficient (Wildman–Crippen LogP) is -1.30. The van der Waals surface area contributed by atoms with Gasteiger partial charge in [0.2, 0.25) is 0 Å². The number of rotatable bonds is 6.